The second-order valence-corrected chi connectivity index (χ2v) is 10.6. The van der Waals surface area contributed by atoms with Gasteiger partial charge in [0.25, 0.3) is 0 Å². The molecule has 2 aliphatic rings. The fourth-order valence-corrected chi connectivity index (χ4v) is 5.78. The summed E-state index contributed by atoms with van der Waals surface area (Å²) >= 11 is 0. The van der Waals surface area contributed by atoms with E-state index in [0.29, 0.717) is 32.3 Å². The molecule has 0 fully saturated rings. The lowest BCUT2D eigenvalue weighted by Gasteiger charge is -2.44. The number of rotatable bonds is 12. The summed E-state index contributed by atoms with van der Waals surface area (Å²) < 4.78 is 69.8. The van der Waals surface area contributed by atoms with E-state index in [2.05, 4.69) is 6.07 Å². The van der Waals surface area contributed by atoms with Gasteiger partial charge in [-0.15, -0.1) is 0 Å². The van der Waals surface area contributed by atoms with Crippen molar-refractivity contribution in [3.8, 4) is 5.75 Å². The fraction of sp³-hybridized carbons (Fsp3) is 0.533. The third-order valence-corrected chi connectivity index (χ3v) is 7.42. The van der Waals surface area contributed by atoms with Gasteiger partial charge in [-0.05, 0) is 68.2 Å². The zero-order valence-corrected chi connectivity index (χ0v) is 22.0. The molecule has 1 heterocycles. The van der Waals surface area contributed by atoms with Crippen LogP contribution in [0.25, 0.3) is 5.57 Å². The maximum absolute atomic E-state index is 15.7. The van der Waals surface area contributed by atoms with Gasteiger partial charge in [-0.25, -0.2) is 13.2 Å². The smallest absolute Gasteiger partial charge is 0.144 e. The van der Waals surface area contributed by atoms with E-state index in [1.165, 1.54) is 26.2 Å². The van der Waals surface area contributed by atoms with E-state index in [1.807, 2.05) is 30.0 Å². The van der Waals surface area contributed by atoms with E-state index in [0.717, 1.165) is 35.1 Å². The molecule has 2 aromatic rings. The van der Waals surface area contributed by atoms with Gasteiger partial charge in [0, 0.05) is 37.4 Å². The Morgan fingerprint density at radius 2 is 1.76 bits per heavy atom. The molecule has 4 rings (SSSR count). The standard InChI is InChI=1S/C30H37F4NO2/c1-20-14-24-23-11-7-6-10-21(23)15-25(24)29(35(20)18-30(2,34)19-36-3)28-26(32)16-22(17-27(28)33)37-13-9-5-4-8-12-31/h6-7,10-11,16-17,20,29H,4-5,8-9,12-15,18-19H2,1-3H3/t20-,29+,30?/m1/s1. The first-order valence-electron chi connectivity index (χ1n) is 13.2. The number of fused-ring (bicyclic) bond motifs is 2. The molecule has 37 heavy (non-hydrogen) atoms. The highest BCUT2D eigenvalue weighted by Crippen LogP contribution is 2.50. The van der Waals surface area contributed by atoms with E-state index < -0.39 is 23.3 Å². The predicted octanol–water partition coefficient (Wildman–Crippen LogP) is 7.39. The van der Waals surface area contributed by atoms with Crippen molar-refractivity contribution < 1.29 is 27.0 Å². The second-order valence-electron chi connectivity index (χ2n) is 10.6. The summed E-state index contributed by atoms with van der Waals surface area (Å²) in [6.07, 6.45) is 4.00. The minimum Gasteiger partial charge on any atom is -0.493 e. The number of methoxy groups -OCH3 is 1. The van der Waals surface area contributed by atoms with Crippen LogP contribution in [0.2, 0.25) is 0 Å². The zero-order valence-electron chi connectivity index (χ0n) is 22.0. The lowest BCUT2D eigenvalue weighted by molar-refractivity contribution is 0.00229. The van der Waals surface area contributed by atoms with Crippen molar-refractivity contribution in [1.82, 2.24) is 4.90 Å². The number of halogens is 4. The molecule has 0 aromatic heterocycles. The summed E-state index contributed by atoms with van der Waals surface area (Å²) in [6.45, 7) is 3.28. The van der Waals surface area contributed by atoms with Crippen molar-refractivity contribution in [2.75, 3.05) is 33.5 Å². The Morgan fingerprint density at radius 3 is 2.46 bits per heavy atom. The highest BCUT2D eigenvalue weighted by atomic mass is 19.1. The van der Waals surface area contributed by atoms with Crippen molar-refractivity contribution in [1.29, 1.82) is 0 Å². The van der Waals surface area contributed by atoms with Gasteiger partial charge in [-0.1, -0.05) is 30.7 Å². The second kappa shape index (κ2) is 12.0. The molecular formula is C30H37F4NO2. The van der Waals surface area contributed by atoms with Gasteiger partial charge in [-0.3, -0.25) is 9.29 Å². The number of ether oxygens (including phenoxy) is 2. The average Bonchev–Trinajstić information content (AvgIpc) is 3.20. The monoisotopic (exact) mass is 519 g/mol. The molecular weight excluding hydrogens is 482 g/mol. The zero-order chi connectivity index (χ0) is 26.6. The van der Waals surface area contributed by atoms with Gasteiger partial charge in [0.1, 0.15) is 23.1 Å². The van der Waals surface area contributed by atoms with Crippen LogP contribution < -0.4 is 4.74 Å². The molecule has 0 saturated heterocycles. The van der Waals surface area contributed by atoms with Crippen LogP contribution in [-0.4, -0.2) is 50.2 Å². The largest absolute Gasteiger partial charge is 0.493 e. The third-order valence-electron chi connectivity index (χ3n) is 7.42. The molecule has 202 valence electrons. The Bertz CT molecular complexity index is 1090. The molecule has 2 aromatic carbocycles. The number of hydrogen-bond acceptors (Lipinski definition) is 3. The fourth-order valence-electron chi connectivity index (χ4n) is 5.78. The maximum atomic E-state index is 15.7. The van der Waals surface area contributed by atoms with Crippen LogP contribution >= 0.6 is 0 Å². The van der Waals surface area contributed by atoms with Gasteiger partial charge in [0.05, 0.1) is 25.9 Å². The SMILES string of the molecule is COCC(C)(F)CN1[C@H](C)CC2=C(Cc3ccccc32)[C@H]1c1c(F)cc(OCCCCCCF)cc1F. The van der Waals surface area contributed by atoms with Gasteiger partial charge < -0.3 is 9.47 Å². The Morgan fingerprint density at radius 1 is 1.05 bits per heavy atom. The molecule has 0 saturated carbocycles. The van der Waals surface area contributed by atoms with Crippen LogP contribution in [0.15, 0.2) is 42.0 Å². The molecule has 0 spiro atoms. The number of nitrogens with zero attached hydrogens (tertiary/aromatic N) is 1. The number of hydrogen-bond donors (Lipinski definition) is 0. The van der Waals surface area contributed by atoms with Gasteiger partial charge in [0.2, 0.25) is 0 Å². The molecule has 3 nitrogen and oxygen atoms in total. The number of alkyl halides is 2. The van der Waals surface area contributed by atoms with Crippen LogP contribution in [0, 0.1) is 11.6 Å². The highest BCUT2D eigenvalue weighted by Gasteiger charge is 2.43. The molecule has 1 aliphatic carbocycles. The van der Waals surface area contributed by atoms with E-state index in [-0.39, 0.29) is 37.2 Å². The molecule has 0 amide bonds. The molecule has 0 N–H and O–H groups in total. The van der Waals surface area contributed by atoms with Crippen molar-refractivity contribution in [2.24, 2.45) is 0 Å². The van der Waals surface area contributed by atoms with E-state index in [4.69, 9.17) is 9.47 Å². The third kappa shape index (κ3) is 6.20. The number of benzene rings is 2. The maximum Gasteiger partial charge on any atom is 0.144 e. The van der Waals surface area contributed by atoms with Gasteiger partial charge >= 0.3 is 0 Å². The van der Waals surface area contributed by atoms with Crippen LogP contribution in [0.4, 0.5) is 17.6 Å². The molecule has 7 heteroatoms. The average molecular weight is 520 g/mol. The Balaban J connectivity index is 1.67. The summed E-state index contributed by atoms with van der Waals surface area (Å²) in [5, 5.41) is 0. The number of unbranched alkanes of at least 4 members (excludes halogenated alkanes) is 3. The normalized spacial score (nSPS) is 21.1. The quantitative estimate of drug-likeness (QED) is 0.216. The van der Waals surface area contributed by atoms with Crippen molar-refractivity contribution >= 4 is 5.57 Å². The van der Waals surface area contributed by atoms with Gasteiger partial charge in [0.15, 0.2) is 0 Å². The summed E-state index contributed by atoms with van der Waals surface area (Å²) in [5.74, 6) is -1.28. The van der Waals surface area contributed by atoms with Gasteiger partial charge in [-0.2, -0.15) is 0 Å². The Kier molecular flexibility index (Phi) is 8.96. The molecule has 0 bridgehead atoms. The van der Waals surface area contributed by atoms with Crippen molar-refractivity contribution in [2.45, 2.75) is 70.1 Å². The predicted molar refractivity (Wildman–Crippen MR) is 138 cm³/mol. The Hall–Kier alpha value is -2.38. The minimum absolute atomic E-state index is 0.0180. The van der Waals surface area contributed by atoms with Crippen molar-refractivity contribution in [3.05, 3.63) is 70.3 Å². The molecule has 1 unspecified atom stereocenters. The Labute approximate surface area is 217 Å². The van der Waals surface area contributed by atoms with E-state index >= 15 is 13.2 Å². The van der Waals surface area contributed by atoms with Crippen molar-refractivity contribution in [3.63, 3.8) is 0 Å². The minimum atomic E-state index is -1.69. The van der Waals surface area contributed by atoms with Crippen LogP contribution in [0.5, 0.6) is 5.75 Å². The van der Waals surface area contributed by atoms with Crippen LogP contribution in [-0.2, 0) is 11.2 Å². The summed E-state index contributed by atoms with van der Waals surface area (Å²) in [4.78, 5) is 1.89. The first-order chi connectivity index (χ1) is 17.8. The van der Waals surface area contributed by atoms with Crippen LogP contribution in [0.3, 0.4) is 0 Å². The topological polar surface area (TPSA) is 21.7 Å². The summed E-state index contributed by atoms with van der Waals surface area (Å²) in [5.41, 5.74) is 2.50. The molecule has 1 aliphatic heterocycles. The van der Waals surface area contributed by atoms with Crippen LogP contribution in [0.1, 0.15) is 68.7 Å². The lowest BCUT2D eigenvalue weighted by atomic mass is 9.84. The summed E-state index contributed by atoms with van der Waals surface area (Å²) in [6, 6.07) is 9.61. The first kappa shape index (κ1) is 27.6. The first-order valence-corrected chi connectivity index (χ1v) is 13.2. The summed E-state index contributed by atoms with van der Waals surface area (Å²) in [7, 11) is 1.45. The van der Waals surface area contributed by atoms with E-state index in [9.17, 15) is 4.39 Å². The molecule has 0 radical (unpaired) electrons. The highest BCUT2D eigenvalue weighted by molar-refractivity contribution is 5.79. The van der Waals surface area contributed by atoms with E-state index in [1.54, 1.807) is 0 Å². The molecule has 3 atom stereocenters. The lowest BCUT2D eigenvalue weighted by Crippen LogP contribution is -2.49.